The number of hydrogen-bond donors (Lipinski definition) is 0. The summed E-state index contributed by atoms with van der Waals surface area (Å²) in [4.78, 5) is 35.9. The van der Waals surface area contributed by atoms with Crippen LogP contribution in [0, 0.1) is 5.92 Å². The lowest BCUT2D eigenvalue weighted by atomic mass is 9.85. The Morgan fingerprint density at radius 3 is 2.06 bits per heavy atom. The summed E-state index contributed by atoms with van der Waals surface area (Å²) in [6.07, 6.45) is 7.53. The highest BCUT2D eigenvalue weighted by atomic mass is 16.6. The number of ether oxygens (including phenoxy) is 1. The Bertz CT molecular complexity index is 1150. The number of nitrogens with zero attached hydrogens (tertiary/aromatic N) is 3. The van der Waals surface area contributed by atoms with E-state index in [1.807, 2.05) is 17.0 Å². The van der Waals surface area contributed by atoms with Gasteiger partial charge in [0.25, 0.3) is 0 Å². The van der Waals surface area contributed by atoms with Crippen LogP contribution < -0.4 is 0 Å². The van der Waals surface area contributed by atoms with Gasteiger partial charge in [-0.2, -0.15) is 0 Å². The largest absolute Gasteiger partial charge is 0.448 e. The van der Waals surface area contributed by atoms with Crippen molar-refractivity contribution in [3.8, 4) is 11.1 Å². The molecule has 0 radical (unpaired) electrons. The van der Waals surface area contributed by atoms with Gasteiger partial charge in [0.2, 0.25) is 0 Å². The molecule has 1 aliphatic carbocycles. The molecule has 3 aliphatic rings. The highest BCUT2D eigenvalue weighted by molar-refractivity contribution is 5.97. The molecule has 6 rings (SSSR count). The minimum Gasteiger partial charge on any atom is -0.448 e. The highest BCUT2D eigenvalue weighted by Crippen LogP contribution is 2.45. The van der Waals surface area contributed by atoms with Crippen molar-refractivity contribution in [2.75, 3.05) is 6.61 Å². The first-order chi connectivity index (χ1) is 16.2. The molecule has 1 aromatic heterocycles. The number of amides is 1. The van der Waals surface area contributed by atoms with E-state index < -0.39 is 0 Å². The van der Waals surface area contributed by atoms with E-state index in [1.165, 1.54) is 28.6 Å². The van der Waals surface area contributed by atoms with Gasteiger partial charge in [-0.25, -0.2) is 14.8 Å². The number of hydrogen-bond acceptors (Lipinski definition) is 5. The lowest BCUT2D eigenvalue weighted by Crippen LogP contribution is -2.48. The summed E-state index contributed by atoms with van der Waals surface area (Å²) in [5.74, 6) is 0.0435. The van der Waals surface area contributed by atoms with Gasteiger partial charge in [-0.15, -0.1) is 0 Å². The first-order valence-corrected chi connectivity index (χ1v) is 11.6. The zero-order valence-corrected chi connectivity index (χ0v) is 18.3. The van der Waals surface area contributed by atoms with Crippen LogP contribution in [0.15, 0.2) is 67.3 Å². The van der Waals surface area contributed by atoms with E-state index in [-0.39, 0.29) is 35.8 Å². The Morgan fingerprint density at radius 2 is 1.45 bits per heavy atom. The Kier molecular flexibility index (Phi) is 4.93. The van der Waals surface area contributed by atoms with Crippen molar-refractivity contribution in [2.24, 2.45) is 5.92 Å². The fraction of sp³-hybridized carbons (Fsp3) is 0.333. The van der Waals surface area contributed by atoms with Gasteiger partial charge in [-0.3, -0.25) is 4.79 Å². The van der Waals surface area contributed by atoms with Crippen LogP contribution in [0.2, 0.25) is 0 Å². The van der Waals surface area contributed by atoms with Crippen LogP contribution in [0.1, 0.15) is 53.1 Å². The molecule has 6 nitrogen and oxygen atoms in total. The predicted octanol–water partition coefficient (Wildman–Crippen LogP) is 4.85. The summed E-state index contributed by atoms with van der Waals surface area (Å²) in [6, 6.07) is 16.8. The van der Waals surface area contributed by atoms with E-state index in [4.69, 9.17) is 4.74 Å². The van der Waals surface area contributed by atoms with Crippen LogP contribution in [0.25, 0.3) is 11.1 Å². The van der Waals surface area contributed by atoms with Gasteiger partial charge < -0.3 is 9.64 Å². The molecule has 6 heteroatoms. The Morgan fingerprint density at radius 1 is 0.879 bits per heavy atom. The van der Waals surface area contributed by atoms with Gasteiger partial charge in [-0.05, 0) is 47.9 Å². The molecule has 2 atom stereocenters. The van der Waals surface area contributed by atoms with E-state index in [9.17, 15) is 9.59 Å². The molecular formula is C27H25N3O3. The average molecular weight is 440 g/mol. The molecule has 33 heavy (non-hydrogen) atoms. The molecule has 3 aromatic rings. The molecular weight excluding hydrogens is 414 g/mol. The Balaban J connectivity index is 1.15. The fourth-order valence-corrected chi connectivity index (χ4v) is 6.02. The average Bonchev–Trinajstić information content (AvgIpc) is 3.33. The molecule has 2 aliphatic heterocycles. The summed E-state index contributed by atoms with van der Waals surface area (Å²) in [5, 5.41) is 0. The zero-order chi connectivity index (χ0) is 22.4. The minimum absolute atomic E-state index is 0.0520. The smallest absolute Gasteiger partial charge is 0.410 e. The third-order valence-corrected chi connectivity index (χ3v) is 7.50. The monoisotopic (exact) mass is 439 g/mol. The molecule has 0 saturated carbocycles. The maximum Gasteiger partial charge on any atom is 0.410 e. The first-order valence-electron chi connectivity index (χ1n) is 11.6. The van der Waals surface area contributed by atoms with Crippen molar-refractivity contribution < 1.29 is 14.3 Å². The molecule has 2 fully saturated rings. The lowest BCUT2D eigenvalue weighted by molar-refractivity contribution is 0.0505. The summed E-state index contributed by atoms with van der Waals surface area (Å²) in [7, 11) is 0. The van der Waals surface area contributed by atoms with Crippen LogP contribution in [-0.2, 0) is 4.74 Å². The third-order valence-electron chi connectivity index (χ3n) is 7.50. The third kappa shape index (κ3) is 3.41. The van der Waals surface area contributed by atoms with Crippen molar-refractivity contribution in [1.29, 1.82) is 0 Å². The predicted molar refractivity (Wildman–Crippen MR) is 123 cm³/mol. The number of Topliss-reactive ketones (excluding diaryl/α,β-unsaturated/α-hetero) is 1. The summed E-state index contributed by atoms with van der Waals surface area (Å²) in [5.41, 5.74) is 5.42. The molecule has 2 bridgehead atoms. The van der Waals surface area contributed by atoms with Gasteiger partial charge in [0.05, 0.1) is 5.56 Å². The van der Waals surface area contributed by atoms with Gasteiger partial charge in [-0.1, -0.05) is 48.5 Å². The maximum atomic E-state index is 13.2. The van der Waals surface area contributed by atoms with Crippen LogP contribution in [0.4, 0.5) is 4.79 Å². The number of piperidine rings is 1. The lowest BCUT2D eigenvalue weighted by Gasteiger charge is -2.37. The molecule has 3 heterocycles. The SMILES string of the molecule is O=C(c1cncnc1)C1CC2CCC(C1)N2C(=O)OCC1c2ccccc2-c2ccccc21. The van der Waals surface area contributed by atoms with Crippen molar-refractivity contribution in [3.63, 3.8) is 0 Å². The van der Waals surface area contributed by atoms with Crippen molar-refractivity contribution >= 4 is 11.9 Å². The number of ketones is 1. The number of carbonyl (C=O) groups excluding carboxylic acids is 2. The fourth-order valence-electron chi connectivity index (χ4n) is 6.02. The van der Waals surface area contributed by atoms with Crippen LogP contribution in [-0.4, -0.2) is 45.4 Å². The van der Waals surface area contributed by atoms with E-state index in [0.717, 1.165) is 12.8 Å². The molecule has 2 unspecified atom stereocenters. The number of rotatable bonds is 4. The normalized spacial score (nSPS) is 23.2. The Hall–Kier alpha value is -3.54. The van der Waals surface area contributed by atoms with E-state index in [0.29, 0.717) is 25.0 Å². The minimum atomic E-state index is -0.252. The number of fused-ring (bicyclic) bond motifs is 5. The highest BCUT2D eigenvalue weighted by Gasteiger charge is 2.46. The quantitative estimate of drug-likeness (QED) is 0.544. The zero-order valence-electron chi connectivity index (χ0n) is 18.3. The maximum absolute atomic E-state index is 13.2. The van der Waals surface area contributed by atoms with Crippen LogP contribution in [0.5, 0.6) is 0 Å². The number of carbonyl (C=O) groups is 2. The standard InChI is InChI=1S/C27H25N3O3/c31-26(18-13-28-16-29-14-18)17-11-19-9-10-20(12-17)30(19)27(32)33-15-25-23-7-3-1-5-21(23)22-6-2-4-8-24(22)25/h1-8,13-14,16-17,19-20,25H,9-12,15H2. The Labute approximate surface area is 192 Å². The van der Waals surface area contributed by atoms with Gasteiger partial charge in [0.15, 0.2) is 5.78 Å². The molecule has 0 spiro atoms. The second-order valence-electron chi connectivity index (χ2n) is 9.26. The van der Waals surface area contributed by atoms with Crippen molar-refractivity contribution in [3.05, 3.63) is 83.9 Å². The molecule has 2 saturated heterocycles. The summed E-state index contributed by atoms with van der Waals surface area (Å²) >= 11 is 0. The second kappa shape index (κ2) is 8.10. The number of aromatic nitrogens is 2. The topological polar surface area (TPSA) is 72.4 Å². The molecule has 0 N–H and O–H groups in total. The summed E-state index contributed by atoms with van der Waals surface area (Å²) in [6.45, 7) is 0.326. The van der Waals surface area contributed by atoms with Gasteiger partial charge >= 0.3 is 6.09 Å². The molecule has 166 valence electrons. The van der Waals surface area contributed by atoms with E-state index in [1.54, 1.807) is 12.4 Å². The van der Waals surface area contributed by atoms with E-state index in [2.05, 4.69) is 46.4 Å². The first kappa shape index (κ1) is 20.1. The second-order valence-corrected chi connectivity index (χ2v) is 9.26. The van der Waals surface area contributed by atoms with Gasteiger partial charge in [0, 0.05) is 36.3 Å². The molecule has 1 amide bonds. The van der Waals surface area contributed by atoms with Crippen molar-refractivity contribution in [2.45, 2.75) is 43.7 Å². The number of benzene rings is 2. The van der Waals surface area contributed by atoms with Crippen LogP contribution in [0.3, 0.4) is 0 Å². The van der Waals surface area contributed by atoms with Crippen LogP contribution >= 0.6 is 0 Å². The van der Waals surface area contributed by atoms with Crippen molar-refractivity contribution in [1.82, 2.24) is 14.9 Å². The van der Waals surface area contributed by atoms with Gasteiger partial charge in [0.1, 0.15) is 12.9 Å². The summed E-state index contributed by atoms with van der Waals surface area (Å²) < 4.78 is 5.92. The molecule has 2 aromatic carbocycles. The van der Waals surface area contributed by atoms with E-state index >= 15 is 0 Å².